The Hall–Kier alpha value is -1.69. The van der Waals surface area contributed by atoms with Crippen LogP contribution in [-0.2, 0) is 6.42 Å². The summed E-state index contributed by atoms with van der Waals surface area (Å²) in [5, 5.41) is 13.3. The van der Waals surface area contributed by atoms with Gasteiger partial charge < -0.3 is 10.8 Å². The van der Waals surface area contributed by atoms with E-state index in [0.717, 1.165) is 5.56 Å². The SMILES string of the molecule is CC(O)Cc1cnn2c(N)ncnc12. The predicted octanol–water partition coefficient (Wildman–Crippen LogP) is -0.370. The van der Waals surface area contributed by atoms with E-state index in [4.69, 9.17) is 5.73 Å². The number of aliphatic hydroxyl groups is 1. The van der Waals surface area contributed by atoms with Crippen LogP contribution in [-0.4, -0.2) is 30.8 Å². The lowest BCUT2D eigenvalue weighted by atomic mass is 10.2. The molecule has 0 aromatic carbocycles. The third-order valence-corrected chi connectivity index (χ3v) is 1.92. The van der Waals surface area contributed by atoms with E-state index in [1.807, 2.05) is 0 Å². The molecule has 0 saturated carbocycles. The fourth-order valence-electron chi connectivity index (χ4n) is 1.34. The van der Waals surface area contributed by atoms with Crippen molar-refractivity contribution in [3.05, 3.63) is 18.1 Å². The third kappa shape index (κ3) is 1.39. The molecule has 6 heteroatoms. The van der Waals surface area contributed by atoms with E-state index >= 15 is 0 Å². The molecule has 2 heterocycles. The van der Waals surface area contributed by atoms with Gasteiger partial charge in [-0.1, -0.05) is 0 Å². The van der Waals surface area contributed by atoms with Crippen LogP contribution in [0.5, 0.6) is 0 Å². The summed E-state index contributed by atoms with van der Waals surface area (Å²) in [6.45, 7) is 1.72. The van der Waals surface area contributed by atoms with Crippen molar-refractivity contribution in [1.82, 2.24) is 19.6 Å². The van der Waals surface area contributed by atoms with Crippen LogP contribution in [0.4, 0.5) is 5.95 Å². The summed E-state index contributed by atoms with van der Waals surface area (Å²) >= 11 is 0. The molecule has 2 aromatic heterocycles. The number of nitrogens with zero attached hydrogens (tertiary/aromatic N) is 4. The van der Waals surface area contributed by atoms with Crippen LogP contribution < -0.4 is 5.73 Å². The number of rotatable bonds is 2. The monoisotopic (exact) mass is 193 g/mol. The maximum Gasteiger partial charge on any atom is 0.224 e. The number of nitrogens with two attached hydrogens (primary N) is 1. The van der Waals surface area contributed by atoms with E-state index in [1.54, 1.807) is 13.1 Å². The third-order valence-electron chi connectivity index (χ3n) is 1.92. The first-order chi connectivity index (χ1) is 6.68. The van der Waals surface area contributed by atoms with E-state index in [9.17, 15) is 5.11 Å². The first-order valence-corrected chi connectivity index (χ1v) is 4.29. The minimum atomic E-state index is -0.417. The van der Waals surface area contributed by atoms with Gasteiger partial charge in [0, 0.05) is 12.0 Å². The summed E-state index contributed by atoms with van der Waals surface area (Å²) in [6.07, 6.45) is 3.13. The van der Waals surface area contributed by atoms with E-state index in [0.29, 0.717) is 18.0 Å². The number of nitrogen functional groups attached to an aromatic ring is 1. The van der Waals surface area contributed by atoms with Crippen molar-refractivity contribution < 1.29 is 5.11 Å². The molecule has 1 unspecified atom stereocenters. The van der Waals surface area contributed by atoms with Gasteiger partial charge in [-0.15, -0.1) is 0 Å². The van der Waals surface area contributed by atoms with Gasteiger partial charge in [-0.2, -0.15) is 9.61 Å². The molecule has 1 atom stereocenters. The zero-order chi connectivity index (χ0) is 10.1. The van der Waals surface area contributed by atoms with Crippen LogP contribution in [0.15, 0.2) is 12.5 Å². The van der Waals surface area contributed by atoms with Gasteiger partial charge in [0.15, 0.2) is 5.65 Å². The van der Waals surface area contributed by atoms with Gasteiger partial charge >= 0.3 is 0 Å². The first-order valence-electron chi connectivity index (χ1n) is 4.29. The molecular weight excluding hydrogens is 182 g/mol. The Balaban J connectivity index is 2.52. The van der Waals surface area contributed by atoms with E-state index < -0.39 is 6.10 Å². The molecule has 0 aliphatic heterocycles. The molecule has 0 saturated heterocycles. The average molecular weight is 193 g/mol. The molecule has 14 heavy (non-hydrogen) atoms. The smallest absolute Gasteiger partial charge is 0.224 e. The zero-order valence-corrected chi connectivity index (χ0v) is 7.75. The second-order valence-corrected chi connectivity index (χ2v) is 3.19. The second kappa shape index (κ2) is 3.22. The minimum absolute atomic E-state index is 0.298. The molecule has 0 amide bonds. The summed E-state index contributed by atoms with van der Waals surface area (Å²) < 4.78 is 1.46. The van der Waals surface area contributed by atoms with Crippen LogP contribution in [0.1, 0.15) is 12.5 Å². The second-order valence-electron chi connectivity index (χ2n) is 3.19. The molecule has 0 bridgehead atoms. The maximum atomic E-state index is 9.24. The summed E-state index contributed by atoms with van der Waals surface area (Å²) in [5.41, 5.74) is 7.11. The summed E-state index contributed by atoms with van der Waals surface area (Å²) in [7, 11) is 0. The lowest BCUT2D eigenvalue weighted by molar-refractivity contribution is 0.196. The van der Waals surface area contributed by atoms with Crippen molar-refractivity contribution in [2.75, 3.05) is 5.73 Å². The Morgan fingerprint density at radius 3 is 3.07 bits per heavy atom. The Morgan fingerprint density at radius 1 is 1.57 bits per heavy atom. The molecule has 3 N–H and O–H groups in total. The minimum Gasteiger partial charge on any atom is -0.393 e. The average Bonchev–Trinajstić information content (AvgIpc) is 2.49. The first kappa shape index (κ1) is 8.89. The van der Waals surface area contributed by atoms with Gasteiger partial charge in [-0.3, -0.25) is 0 Å². The normalized spacial score (nSPS) is 13.3. The highest BCUT2D eigenvalue weighted by Gasteiger charge is 2.09. The maximum absolute atomic E-state index is 9.24. The van der Waals surface area contributed by atoms with Crippen molar-refractivity contribution in [1.29, 1.82) is 0 Å². The Morgan fingerprint density at radius 2 is 2.36 bits per heavy atom. The molecule has 0 fully saturated rings. The molecule has 0 aliphatic rings. The summed E-state index contributed by atoms with van der Waals surface area (Å²) in [4.78, 5) is 7.86. The van der Waals surface area contributed by atoms with Crippen LogP contribution >= 0.6 is 0 Å². The van der Waals surface area contributed by atoms with Gasteiger partial charge in [0.05, 0.1) is 12.3 Å². The van der Waals surface area contributed by atoms with E-state index in [-0.39, 0.29) is 0 Å². The standard InChI is InChI=1S/C8H11N5O/c1-5(14)2-6-3-12-13-7(6)10-4-11-8(13)9/h3-5,14H,2H2,1H3,(H2,9,10,11). The van der Waals surface area contributed by atoms with Gasteiger partial charge in [-0.05, 0) is 6.92 Å². The molecule has 2 rings (SSSR count). The summed E-state index contributed by atoms with van der Waals surface area (Å²) in [5.74, 6) is 0.298. The van der Waals surface area contributed by atoms with Gasteiger partial charge in [0.25, 0.3) is 0 Å². The Labute approximate surface area is 80.4 Å². The van der Waals surface area contributed by atoms with Crippen LogP contribution in [0.25, 0.3) is 5.65 Å². The highest BCUT2D eigenvalue weighted by molar-refractivity contribution is 5.48. The fourth-order valence-corrected chi connectivity index (χ4v) is 1.34. The molecule has 2 aromatic rings. The predicted molar refractivity (Wildman–Crippen MR) is 50.6 cm³/mol. The Bertz CT molecular complexity index is 450. The summed E-state index contributed by atoms with van der Waals surface area (Å²) in [6, 6.07) is 0. The van der Waals surface area contributed by atoms with E-state index in [2.05, 4.69) is 15.1 Å². The van der Waals surface area contributed by atoms with Crippen molar-refractivity contribution >= 4 is 11.6 Å². The number of aliphatic hydroxyl groups excluding tert-OH is 1. The van der Waals surface area contributed by atoms with Crippen LogP contribution in [0, 0.1) is 0 Å². The molecular formula is C8H11N5O. The molecule has 74 valence electrons. The quantitative estimate of drug-likeness (QED) is 0.679. The molecule has 6 nitrogen and oxygen atoms in total. The van der Waals surface area contributed by atoms with Gasteiger partial charge in [0.1, 0.15) is 6.33 Å². The largest absolute Gasteiger partial charge is 0.393 e. The van der Waals surface area contributed by atoms with Gasteiger partial charge in [-0.25, -0.2) is 9.97 Å². The number of hydrogen-bond donors (Lipinski definition) is 2. The van der Waals surface area contributed by atoms with Crippen molar-refractivity contribution in [3.8, 4) is 0 Å². The fraction of sp³-hybridized carbons (Fsp3) is 0.375. The zero-order valence-electron chi connectivity index (χ0n) is 7.75. The molecule has 0 spiro atoms. The highest BCUT2D eigenvalue weighted by atomic mass is 16.3. The van der Waals surface area contributed by atoms with Crippen molar-refractivity contribution in [3.63, 3.8) is 0 Å². The number of aromatic nitrogens is 4. The lowest BCUT2D eigenvalue weighted by Crippen LogP contribution is -2.06. The lowest BCUT2D eigenvalue weighted by Gasteiger charge is -2.01. The van der Waals surface area contributed by atoms with Gasteiger partial charge in [0.2, 0.25) is 5.95 Å². The number of hydrogen-bond acceptors (Lipinski definition) is 5. The topological polar surface area (TPSA) is 89.3 Å². The van der Waals surface area contributed by atoms with E-state index in [1.165, 1.54) is 10.8 Å². The highest BCUT2D eigenvalue weighted by Crippen LogP contribution is 2.11. The van der Waals surface area contributed by atoms with Crippen LogP contribution in [0.2, 0.25) is 0 Å². The van der Waals surface area contributed by atoms with Crippen molar-refractivity contribution in [2.45, 2.75) is 19.4 Å². The Kier molecular flexibility index (Phi) is 2.05. The number of fused-ring (bicyclic) bond motifs is 1. The number of anilines is 1. The molecule has 0 aliphatic carbocycles. The van der Waals surface area contributed by atoms with Crippen LogP contribution in [0.3, 0.4) is 0 Å². The van der Waals surface area contributed by atoms with Crippen molar-refractivity contribution in [2.24, 2.45) is 0 Å². The molecule has 0 radical (unpaired) electrons.